The van der Waals surface area contributed by atoms with Gasteiger partial charge >= 0.3 is 11.6 Å². The molecule has 0 bridgehead atoms. The minimum atomic E-state index is -4.79. The SMILES string of the molecule is O=C1CC(CC(F)(F)Cl)CN1Cc1nc2sc(CO)nn2c1C(F)(F)F. The summed E-state index contributed by atoms with van der Waals surface area (Å²) >= 11 is 5.65. The number of aliphatic hydroxyl groups excluding tert-OH is 1. The highest BCUT2D eigenvalue weighted by atomic mass is 35.5. The minimum Gasteiger partial charge on any atom is -0.389 e. The first-order valence-electron chi connectivity index (χ1n) is 7.38. The number of carbonyl (C=O) groups excluding carboxylic acids is 1. The summed E-state index contributed by atoms with van der Waals surface area (Å²) in [4.78, 5) is 16.8. The quantitative estimate of drug-likeness (QED) is 0.599. The van der Waals surface area contributed by atoms with Crippen molar-refractivity contribution in [3.8, 4) is 0 Å². The van der Waals surface area contributed by atoms with Crippen molar-refractivity contribution < 1.29 is 31.9 Å². The number of amides is 1. The molecule has 1 aliphatic heterocycles. The molecule has 0 radical (unpaired) electrons. The van der Waals surface area contributed by atoms with Gasteiger partial charge in [0.2, 0.25) is 10.9 Å². The first-order valence-corrected chi connectivity index (χ1v) is 8.57. The van der Waals surface area contributed by atoms with E-state index in [1.807, 2.05) is 0 Å². The maximum Gasteiger partial charge on any atom is 0.435 e. The standard InChI is InChI=1S/C13H12ClF5N4O2S/c14-12(15,16)2-6-1-9(25)22(3-6)4-7-10(13(17,18)19)23-11(20-7)26-8(5-24)21-23/h6,24H,1-5H2. The van der Waals surface area contributed by atoms with E-state index in [1.54, 1.807) is 0 Å². The van der Waals surface area contributed by atoms with Gasteiger partial charge in [0, 0.05) is 19.4 Å². The van der Waals surface area contributed by atoms with Gasteiger partial charge in [-0.05, 0) is 17.5 Å². The normalized spacial score (nSPS) is 19.1. The summed E-state index contributed by atoms with van der Waals surface area (Å²) in [6, 6.07) is 0. The molecule has 2 aromatic rings. The van der Waals surface area contributed by atoms with Gasteiger partial charge in [0.1, 0.15) is 5.01 Å². The summed E-state index contributed by atoms with van der Waals surface area (Å²) in [5, 5.41) is 9.25. The van der Waals surface area contributed by atoms with Crippen molar-refractivity contribution >= 4 is 33.8 Å². The number of imidazole rings is 1. The number of hydrogen-bond donors (Lipinski definition) is 1. The summed E-state index contributed by atoms with van der Waals surface area (Å²) in [6.45, 7) is -1.12. The van der Waals surface area contributed by atoms with Gasteiger partial charge in [-0.25, -0.2) is 4.98 Å². The smallest absolute Gasteiger partial charge is 0.389 e. The molecule has 1 aliphatic rings. The molecule has 2 aromatic heterocycles. The summed E-state index contributed by atoms with van der Waals surface area (Å²) < 4.78 is 66.6. The van der Waals surface area contributed by atoms with Gasteiger partial charge in [-0.3, -0.25) is 4.79 Å². The lowest BCUT2D eigenvalue weighted by molar-refractivity contribution is -0.144. The van der Waals surface area contributed by atoms with Crippen LogP contribution in [0.3, 0.4) is 0 Å². The molecule has 26 heavy (non-hydrogen) atoms. The zero-order valence-corrected chi connectivity index (χ0v) is 14.5. The number of aromatic nitrogens is 3. The number of carbonyl (C=O) groups is 1. The van der Waals surface area contributed by atoms with E-state index in [9.17, 15) is 26.7 Å². The number of hydrogen-bond acceptors (Lipinski definition) is 5. The molecule has 1 amide bonds. The molecule has 3 rings (SSSR count). The summed E-state index contributed by atoms with van der Waals surface area (Å²) in [7, 11) is 0. The highest BCUT2D eigenvalue weighted by molar-refractivity contribution is 7.16. The van der Waals surface area contributed by atoms with Crippen LogP contribution in [0.4, 0.5) is 22.0 Å². The Morgan fingerprint density at radius 2 is 2.00 bits per heavy atom. The Bertz CT molecular complexity index is 831. The topological polar surface area (TPSA) is 70.7 Å². The Hall–Kier alpha value is -1.53. The van der Waals surface area contributed by atoms with Crippen LogP contribution in [0.1, 0.15) is 29.2 Å². The van der Waals surface area contributed by atoms with Gasteiger partial charge in [0.05, 0.1) is 18.8 Å². The Kier molecular flexibility index (Phi) is 4.86. The van der Waals surface area contributed by atoms with E-state index >= 15 is 0 Å². The summed E-state index contributed by atoms with van der Waals surface area (Å²) in [5.41, 5.74) is -1.57. The molecule has 0 saturated carbocycles. The van der Waals surface area contributed by atoms with Crippen molar-refractivity contribution in [1.29, 1.82) is 0 Å². The number of fused-ring (bicyclic) bond motifs is 1. The Balaban J connectivity index is 1.87. The molecular weight excluding hydrogens is 407 g/mol. The predicted octanol–water partition coefficient (Wildman–Crippen LogP) is 2.87. The van der Waals surface area contributed by atoms with Crippen LogP contribution >= 0.6 is 22.9 Å². The fourth-order valence-electron chi connectivity index (χ4n) is 2.94. The van der Waals surface area contributed by atoms with Gasteiger partial charge < -0.3 is 10.0 Å². The van der Waals surface area contributed by atoms with Gasteiger partial charge in [-0.1, -0.05) is 11.3 Å². The lowest BCUT2D eigenvalue weighted by atomic mass is 10.1. The molecule has 13 heteroatoms. The molecule has 1 saturated heterocycles. The highest BCUT2D eigenvalue weighted by Gasteiger charge is 2.42. The molecule has 144 valence electrons. The van der Waals surface area contributed by atoms with Gasteiger partial charge in [0.25, 0.3) is 0 Å². The first kappa shape index (κ1) is 19.2. The molecule has 1 fully saturated rings. The van der Waals surface area contributed by atoms with Crippen LogP contribution in [0, 0.1) is 5.92 Å². The van der Waals surface area contributed by atoms with Crippen LogP contribution in [0.2, 0.25) is 0 Å². The summed E-state index contributed by atoms with van der Waals surface area (Å²) in [6.07, 6.45) is -5.73. The van der Waals surface area contributed by atoms with Crippen molar-refractivity contribution in [2.75, 3.05) is 6.54 Å². The van der Waals surface area contributed by atoms with E-state index < -0.39 is 54.3 Å². The largest absolute Gasteiger partial charge is 0.435 e. The summed E-state index contributed by atoms with van der Waals surface area (Å²) in [5.74, 6) is -1.28. The number of nitrogens with zero attached hydrogens (tertiary/aromatic N) is 4. The van der Waals surface area contributed by atoms with Crippen molar-refractivity contribution in [3.05, 3.63) is 16.4 Å². The van der Waals surface area contributed by atoms with Crippen molar-refractivity contribution in [2.45, 2.75) is 37.6 Å². The third-order valence-corrected chi connectivity index (χ3v) is 4.92. The Labute approximate surface area is 152 Å². The van der Waals surface area contributed by atoms with Crippen LogP contribution in [0.25, 0.3) is 4.96 Å². The number of alkyl halides is 6. The Morgan fingerprint density at radius 3 is 2.58 bits per heavy atom. The van der Waals surface area contributed by atoms with E-state index in [0.717, 1.165) is 16.2 Å². The second-order valence-corrected chi connectivity index (χ2v) is 7.51. The maximum absolute atomic E-state index is 13.4. The van der Waals surface area contributed by atoms with Crippen LogP contribution in [-0.2, 0) is 24.1 Å². The minimum absolute atomic E-state index is 0.0613. The van der Waals surface area contributed by atoms with E-state index in [1.165, 1.54) is 0 Å². The van der Waals surface area contributed by atoms with Gasteiger partial charge in [-0.2, -0.15) is 31.6 Å². The van der Waals surface area contributed by atoms with Crippen LogP contribution in [0.15, 0.2) is 0 Å². The van der Waals surface area contributed by atoms with Crippen LogP contribution in [0.5, 0.6) is 0 Å². The van der Waals surface area contributed by atoms with E-state index in [0.29, 0.717) is 4.52 Å². The zero-order chi connectivity index (χ0) is 19.3. The molecule has 0 aromatic carbocycles. The van der Waals surface area contributed by atoms with Crippen LogP contribution < -0.4 is 0 Å². The second-order valence-electron chi connectivity index (χ2n) is 5.92. The first-order chi connectivity index (χ1) is 12.0. The molecule has 0 aliphatic carbocycles. The van der Waals surface area contributed by atoms with E-state index in [4.69, 9.17) is 16.7 Å². The molecular formula is C13H12ClF5N4O2S. The van der Waals surface area contributed by atoms with E-state index in [2.05, 4.69) is 10.1 Å². The predicted molar refractivity (Wildman–Crippen MR) is 80.7 cm³/mol. The lowest BCUT2D eigenvalue weighted by Gasteiger charge is -2.17. The average molecular weight is 419 g/mol. The third-order valence-electron chi connectivity index (χ3n) is 3.88. The fraction of sp³-hybridized carbons (Fsp3) is 0.615. The molecule has 1 atom stereocenters. The highest BCUT2D eigenvalue weighted by Crippen LogP contribution is 2.37. The lowest BCUT2D eigenvalue weighted by Crippen LogP contribution is -2.27. The Morgan fingerprint density at radius 1 is 1.31 bits per heavy atom. The van der Waals surface area contributed by atoms with Crippen molar-refractivity contribution in [1.82, 2.24) is 19.5 Å². The number of halogens is 6. The molecule has 3 heterocycles. The number of aliphatic hydroxyl groups is 1. The molecule has 1 unspecified atom stereocenters. The van der Waals surface area contributed by atoms with Crippen LogP contribution in [-0.4, -0.2) is 42.4 Å². The number of rotatable bonds is 5. The number of likely N-dealkylation sites (tertiary alicyclic amines) is 1. The molecule has 6 nitrogen and oxygen atoms in total. The molecule has 0 spiro atoms. The maximum atomic E-state index is 13.4. The van der Waals surface area contributed by atoms with Crippen molar-refractivity contribution in [3.63, 3.8) is 0 Å². The van der Waals surface area contributed by atoms with E-state index in [-0.39, 0.29) is 22.9 Å². The second kappa shape index (κ2) is 6.57. The van der Waals surface area contributed by atoms with Crippen molar-refractivity contribution in [2.24, 2.45) is 5.92 Å². The van der Waals surface area contributed by atoms with Gasteiger partial charge in [-0.15, -0.1) is 0 Å². The zero-order valence-electron chi connectivity index (χ0n) is 12.9. The fourth-order valence-corrected chi connectivity index (χ4v) is 3.93. The molecule has 1 N–H and O–H groups in total. The van der Waals surface area contributed by atoms with Gasteiger partial charge in [0.15, 0.2) is 5.69 Å². The average Bonchev–Trinajstić information content (AvgIpc) is 3.08. The third kappa shape index (κ3) is 3.91. The monoisotopic (exact) mass is 418 g/mol.